The molecule has 1 heterocycles. The molecule has 1 rings (SSSR count). The standard InChI is InChI=1S/C10H12F3N3O/c1-6(2)3-4-17-8-5-7(14)15-9(16-8)10(11,12)13/h5H,1,3-4H2,2H3,(H2,14,15,16). The molecule has 0 amide bonds. The lowest BCUT2D eigenvalue weighted by atomic mass is 10.3. The first-order valence-electron chi connectivity index (χ1n) is 4.78. The van der Waals surface area contributed by atoms with E-state index in [9.17, 15) is 13.2 Å². The molecule has 0 saturated heterocycles. The Morgan fingerprint density at radius 1 is 1.47 bits per heavy atom. The molecule has 0 unspecified atom stereocenters. The largest absolute Gasteiger partial charge is 0.477 e. The molecule has 0 atom stereocenters. The normalized spacial score (nSPS) is 11.3. The second kappa shape index (κ2) is 5.03. The molecule has 7 heteroatoms. The summed E-state index contributed by atoms with van der Waals surface area (Å²) < 4.78 is 42.1. The first-order valence-corrected chi connectivity index (χ1v) is 4.78. The number of halogens is 3. The van der Waals surface area contributed by atoms with E-state index < -0.39 is 12.0 Å². The van der Waals surface area contributed by atoms with Gasteiger partial charge in [-0.25, -0.2) is 4.98 Å². The van der Waals surface area contributed by atoms with Crippen molar-refractivity contribution in [1.29, 1.82) is 0 Å². The first kappa shape index (κ1) is 13.3. The third-order valence-electron chi connectivity index (χ3n) is 1.75. The minimum atomic E-state index is -4.64. The molecule has 1 aromatic rings. The summed E-state index contributed by atoms with van der Waals surface area (Å²) in [5, 5.41) is 0. The summed E-state index contributed by atoms with van der Waals surface area (Å²) in [6, 6.07) is 1.15. The summed E-state index contributed by atoms with van der Waals surface area (Å²) in [7, 11) is 0. The van der Waals surface area contributed by atoms with Crippen LogP contribution in [-0.2, 0) is 6.18 Å². The van der Waals surface area contributed by atoms with Gasteiger partial charge < -0.3 is 10.5 Å². The molecule has 17 heavy (non-hydrogen) atoms. The molecule has 2 N–H and O–H groups in total. The van der Waals surface area contributed by atoms with E-state index in [1.807, 2.05) is 0 Å². The van der Waals surface area contributed by atoms with E-state index in [-0.39, 0.29) is 18.3 Å². The van der Waals surface area contributed by atoms with Crippen LogP contribution in [0.25, 0.3) is 0 Å². The average molecular weight is 247 g/mol. The van der Waals surface area contributed by atoms with Crippen molar-refractivity contribution in [1.82, 2.24) is 9.97 Å². The Morgan fingerprint density at radius 2 is 2.12 bits per heavy atom. The Kier molecular flexibility index (Phi) is 3.93. The van der Waals surface area contributed by atoms with Gasteiger partial charge in [0.25, 0.3) is 0 Å². The third-order valence-corrected chi connectivity index (χ3v) is 1.75. The van der Waals surface area contributed by atoms with Crippen LogP contribution in [-0.4, -0.2) is 16.6 Å². The number of alkyl halides is 3. The maximum atomic E-state index is 12.3. The molecule has 0 fully saturated rings. The molecule has 0 aromatic carbocycles. The number of rotatable bonds is 4. The second-order valence-electron chi connectivity index (χ2n) is 3.51. The zero-order chi connectivity index (χ0) is 13.1. The summed E-state index contributed by atoms with van der Waals surface area (Å²) in [5.74, 6) is -1.77. The predicted octanol–water partition coefficient (Wildman–Crippen LogP) is 2.42. The SMILES string of the molecule is C=C(C)CCOc1cc(N)nc(C(F)(F)F)n1. The van der Waals surface area contributed by atoms with E-state index in [1.165, 1.54) is 0 Å². The van der Waals surface area contributed by atoms with Gasteiger partial charge in [-0.05, 0) is 6.92 Å². The van der Waals surface area contributed by atoms with Crippen LogP contribution in [0.5, 0.6) is 5.88 Å². The molecule has 0 bridgehead atoms. The molecule has 0 radical (unpaired) electrons. The van der Waals surface area contributed by atoms with Crippen LogP contribution in [0.4, 0.5) is 19.0 Å². The highest BCUT2D eigenvalue weighted by atomic mass is 19.4. The smallest absolute Gasteiger partial charge is 0.451 e. The fraction of sp³-hybridized carbons (Fsp3) is 0.400. The number of anilines is 1. The minimum Gasteiger partial charge on any atom is -0.477 e. The number of aromatic nitrogens is 2. The summed E-state index contributed by atoms with van der Waals surface area (Å²) in [6.45, 7) is 5.63. The Balaban J connectivity index is 2.79. The van der Waals surface area contributed by atoms with E-state index in [4.69, 9.17) is 10.5 Å². The average Bonchev–Trinajstić information content (AvgIpc) is 2.14. The van der Waals surface area contributed by atoms with Gasteiger partial charge in [-0.3, -0.25) is 0 Å². The van der Waals surface area contributed by atoms with Crippen molar-refractivity contribution in [2.75, 3.05) is 12.3 Å². The monoisotopic (exact) mass is 247 g/mol. The van der Waals surface area contributed by atoms with Crippen LogP contribution in [0.3, 0.4) is 0 Å². The van der Waals surface area contributed by atoms with Crippen molar-refractivity contribution in [3.05, 3.63) is 24.0 Å². The highest BCUT2D eigenvalue weighted by Gasteiger charge is 2.35. The van der Waals surface area contributed by atoms with E-state index in [2.05, 4.69) is 16.5 Å². The van der Waals surface area contributed by atoms with Gasteiger partial charge in [0.05, 0.1) is 6.61 Å². The van der Waals surface area contributed by atoms with Gasteiger partial charge in [0.15, 0.2) is 0 Å². The van der Waals surface area contributed by atoms with Crippen LogP contribution in [0.15, 0.2) is 18.2 Å². The van der Waals surface area contributed by atoms with Crippen molar-refractivity contribution in [3.63, 3.8) is 0 Å². The molecule has 1 aromatic heterocycles. The van der Waals surface area contributed by atoms with Gasteiger partial charge in [0, 0.05) is 12.5 Å². The van der Waals surface area contributed by atoms with Crippen molar-refractivity contribution in [3.8, 4) is 5.88 Å². The van der Waals surface area contributed by atoms with Crippen molar-refractivity contribution in [2.45, 2.75) is 19.5 Å². The number of nitrogen functional groups attached to an aromatic ring is 1. The second-order valence-corrected chi connectivity index (χ2v) is 3.51. The van der Waals surface area contributed by atoms with Gasteiger partial charge in [0.1, 0.15) is 5.82 Å². The number of hydrogen-bond donors (Lipinski definition) is 1. The summed E-state index contributed by atoms with van der Waals surface area (Å²) in [6.07, 6.45) is -4.10. The van der Waals surface area contributed by atoms with E-state index in [0.29, 0.717) is 6.42 Å². The molecule has 0 spiro atoms. The van der Waals surface area contributed by atoms with E-state index in [0.717, 1.165) is 11.6 Å². The topological polar surface area (TPSA) is 61.0 Å². The van der Waals surface area contributed by atoms with Crippen LogP contribution in [0.2, 0.25) is 0 Å². The minimum absolute atomic E-state index is 0.189. The Morgan fingerprint density at radius 3 is 2.65 bits per heavy atom. The number of ether oxygens (including phenoxy) is 1. The van der Waals surface area contributed by atoms with E-state index >= 15 is 0 Å². The number of hydrogen-bond acceptors (Lipinski definition) is 4. The lowest BCUT2D eigenvalue weighted by Crippen LogP contribution is -2.13. The molecular weight excluding hydrogens is 235 g/mol. The van der Waals surface area contributed by atoms with Crippen LogP contribution < -0.4 is 10.5 Å². The van der Waals surface area contributed by atoms with Gasteiger partial charge in [-0.1, -0.05) is 5.57 Å². The first-order chi connectivity index (χ1) is 7.79. The lowest BCUT2D eigenvalue weighted by Gasteiger charge is -2.09. The Bertz CT molecular complexity index is 418. The number of nitrogens with two attached hydrogens (primary N) is 1. The zero-order valence-corrected chi connectivity index (χ0v) is 9.21. The summed E-state index contributed by atoms with van der Waals surface area (Å²) >= 11 is 0. The van der Waals surface area contributed by atoms with Crippen molar-refractivity contribution in [2.24, 2.45) is 0 Å². The quantitative estimate of drug-likeness (QED) is 0.830. The lowest BCUT2D eigenvalue weighted by molar-refractivity contribution is -0.145. The fourth-order valence-corrected chi connectivity index (χ4v) is 0.973. The maximum absolute atomic E-state index is 12.3. The van der Waals surface area contributed by atoms with E-state index in [1.54, 1.807) is 6.92 Å². The predicted molar refractivity (Wildman–Crippen MR) is 56.4 cm³/mol. The Labute approximate surface area is 96.3 Å². The maximum Gasteiger partial charge on any atom is 0.451 e. The van der Waals surface area contributed by atoms with Gasteiger partial charge in [-0.2, -0.15) is 18.2 Å². The zero-order valence-electron chi connectivity index (χ0n) is 9.21. The number of nitrogens with zero attached hydrogens (tertiary/aromatic N) is 2. The van der Waals surface area contributed by atoms with Crippen LogP contribution in [0, 0.1) is 0 Å². The molecule has 0 aliphatic rings. The van der Waals surface area contributed by atoms with Crippen LogP contribution in [0.1, 0.15) is 19.2 Å². The third kappa shape index (κ3) is 4.29. The van der Waals surface area contributed by atoms with Crippen molar-refractivity contribution >= 4 is 5.82 Å². The van der Waals surface area contributed by atoms with Gasteiger partial charge in [-0.15, -0.1) is 6.58 Å². The molecule has 4 nitrogen and oxygen atoms in total. The molecule has 0 aliphatic carbocycles. The molecule has 94 valence electrons. The fourth-order valence-electron chi connectivity index (χ4n) is 0.973. The van der Waals surface area contributed by atoms with Crippen molar-refractivity contribution < 1.29 is 17.9 Å². The molecule has 0 aliphatic heterocycles. The van der Waals surface area contributed by atoms with Gasteiger partial charge in [0.2, 0.25) is 11.7 Å². The Hall–Kier alpha value is -1.79. The highest BCUT2D eigenvalue weighted by molar-refractivity contribution is 5.33. The molecular formula is C10H12F3N3O. The summed E-state index contributed by atoms with van der Waals surface area (Å²) in [4.78, 5) is 6.33. The van der Waals surface area contributed by atoms with Crippen LogP contribution >= 0.6 is 0 Å². The summed E-state index contributed by atoms with van der Waals surface area (Å²) in [5.41, 5.74) is 6.10. The van der Waals surface area contributed by atoms with Gasteiger partial charge >= 0.3 is 6.18 Å². The highest BCUT2D eigenvalue weighted by Crippen LogP contribution is 2.28. The molecule has 0 saturated carbocycles.